The minimum atomic E-state index is 0.344. The fourth-order valence-electron chi connectivity index (χ4n) is 2.69. The van der Waals surface area contributed by atoms with Gasteiger partial charge in [0.1, 0.15) is 0 Å². The van der Waals surface area contributed by atoms with E-state index in [9.17, 15) is 0 Å². The van der Waals surface area contributed by atoms with Crippen molar-refractivity contribution in [3.05, 3.63) is 0 Å². The molecule has 18 heavy (non-hydrogen) atoms. The molecular weight excluding hydrogens is 224 g/mol. The van der Waals surface area contributed by atoms with Crippen LogP contribution in [-0.4, -0.2) is 60.8 Å². The van der Waals surface area contributed by atoms with E-state index in [1.165, 1.54) is 71.2 Å². The molecule has 2 aliphatic heterocycles. The van der Waals surface area contributed by atoms with Gasteiger partial charge in [0.2, 0.25) is 0 Å². The quantitative estimate of drug-likeness (QED) is 0.790. The minimum Gasteiger partial charge on any atom is -0.396 e. The molecule has 2 rings (SSSR count). The summed E-state index contributed by atoms with van der Waals surface area (Å²) in [4.78, 5) is 4.99. The molecule has 0 amide bonds. The first-order valence-electron chi connectivity index (χ1n) is 7.92. The number of likely N-dealkylation sites (tertiary alicyclic amines) is 2. The highest BCUT2D eigenvalue weighted by molar-refractivity contribution is 4.65. The van der Waals surface area contributed by atoms with Crippen molar-refractivity contribution in [1.82, 2.24) is 9.80 Å². The maximum absolute atomic E-state index is 8.50. The largest absolute Gasteiger partial charge is 0.396 e. The molecule has 2 heterocycles. The molecule has 3 heteroatoms. The summed E-state index contributed by atoms with van der Waals surface area (Å²) in [5, 5.41) is 8.50. The standard InChI is InChI=1S/C8H17N.C7H15NO/c1-2-3-6-9-7-4-5-8-9;9-7-3-6-8-4-1-2-5-8/h2-8H2,1H3;9H,1-7H2. The van der Waals surface area contributed by atoms with Gasteiger partial charge in [-0.2, -0.15) is 0 Å². The zero-order chi connectivity index (χ0) is 13.1. The molecule has 0 radical (unpaired) electrons. The first-order chi connectivity index (χ1) is 8.86. The summed E-state index contributed by atoms with van der Waals surface area (Å²) in [6.07, 6.45) is 9.25. The predicted molar refractivity (Wildman–Crippen MR) is 78.0 cm³/mol. The molecule has 0 unspecified atom stereocenters. The Kier molecular flexibility index (Phi) is 9.54. The molecule has 0 aromatic carbocycles. The molecule has 2 fully saturated rings. The van der Waals surface area contributed by atoms with Crippen molar-refractivity contribution in [3.63, 3.8) is 0 Å². The summed E-state index contributed by atoms with van der Waals surface area (Å²) in [7, 11) is 0. The van der Waals surface area contributed by atoms with Gasteiger partial charge in [-0.05, 0) is 71.2 Å². The lowest BCUT2D eigenvalue weighted by molar-refractivity contribution is 0.248. The maximum Gasteiger partial charge on any atom is 0.0443 e. The van der Waals surface area contributed by atoms with Crippen LogP contribution in [0, 0.1) is 0 Å². The van der Waals surface area contributed by atoms with E-state index in [1.807, 2.05) is 0 Å². The van der Waals surface area contributed by atoms with Crippen molar-refractivity contribution in [1.29, 1.82) is 0 Å². The van der Waals surface area contributed by atoms with Crippen LogP contribution in [0.25, 0.3) is 0 Å². The Bertz CT molecular complexity index is 155. The lowest BCUT2D eigenvalue weighted by atomic mass is 10.3. The third-order valence-electron chi connectivity index (χ3n) is 3.86. The Morgan fingerprint density at radius 2 is 1.22 bits per heavy atom. The Labute approximate surface area is 113 Å². The third-order valence-corrected chi connectivity index (χ3v) is 3.86. The van der Waals surface area contributed by atoms with E-state index in [2.05, 4.69) is 16.7 Å². The fraction of sp³-hybridized carbons (Fsp3) is 1.00. The van der Waals surface area contributed by atoms with Gasteiger partial charge < -0.3 is 14.9 Å². The molecule has 108 valence electrons. The smallest absolute Gasteiger partial charge is 0.0443 e. The normalized spacial score (nSPS) is 21.0. The number of hydrogen-bond acceptors (Lipinski definition) is 3. The van der Waals surface area contributed by atoms with Crippen molar-refractivity contribution in [2.45, 2.75) is 51.9 Å². The molecule has 2 aliphatic rings. The molecule has 0 spiro atoms. The number of aliphatic hydroxyl groups is 1. The second kappa shape index (κ2) is 10.8. The van der Waals surface area contributed by atoms with Gasteiger partial charge in [0.15, 0.2) is 0 Å². The number of hydrogen-bond donors (Lipinski definition) is 1. The molecule has 0 atom stereocenters. The summed E-state index contributed by atoms with van der Waals surface area (Å²) in [5.74, 6) is 0. The number of rotatable bonds is 6. The van der Waals surface area contributed by atoms with Crippen LogP contribution in [0.3, 0.4) is 0 Å². The van der Waals surface area contributed by atoms with Gasteiger partial charge in [0.25, 0.3) is 0 Å². The fourth-order valence-corrected chi connectivity index (χ4v) is 2.69. The first-order valence-corrected chi connectivity index (χ1v) is 7.92. The minimum absolute atomic E-state index is 0.344. The van der Waals surface area contributed by atoms with Gasteiger partial charge in [-0.3, -0.25) is 0 Å². The average Bonchev–Trinajstić information content (AvgIpc) is 3.07. The van der Waals surface area contributed by atoms with Crippen molar-refractivity contribution in [2.24, 2.45) is 0 Å². The van der Waals surface area contributed by atoms with Crippen molar-refractivity contribution < 1.29 is 5.11 Å². The Morgan fingerprint density at radius 3 is 1.61 bits per heavy atom. The maximum atomic E-state index is 8.50. The van der Waals surface area contributed by atoms with Gasteiger partial charge >= 0.3 is 0 Å². The molecular formula is C15H32N2O. The molecule has 1 N–H and O–H groups in total. The van der Waals surface area contributed by atoms with Crippen LogP contribution in [0.15, 0.2) is 0 Å². The first kappa shape index (κ1) is 15.9. The summed E-state index contributed by atoms with van der Waals surface area (Å²) in [5.41, 5.74) is 0. The Balaban J connectivity index is 0.000000180. The molecule has 0 aromatic heterocycles. The zero-order valence-electron chi connectivity index (χ0n) is 12.2. The van der Waals surface area contributed by atoms with Gasteiger partial charge in [-0.1, -0.05) is 13.3 Å². The van der Waals surface area contributed by atoms with E-state index < -0.39 is 0 Å². The van der Waals surface area contributed by atoms with Crippen LogP contribution < -0.4 is 0 Å². The van der Waals surface area contributed by atoms with Crippen LogP contribution in [0.5, 0.6) is 0 Å². The van der Waals surface area contributed by atoms with E-state index in [4.69, 9.17) is 5.11 Å². The van der Waals surface area contributed by atoms with Crippen LogP contribution in [-0.2, 0) is 0 Å². The molecule has 2 saturated heterocycles. The van der Waals surface area contributed by atoms with Crippen molar-refractivity contribution in [2.75, 3.05) is 45.9 Å². The Hall–Kier alpha value is -0.120. The summed E-state index contributed by atoms with van der Waals surface area (Å²) in [6.45, 7) is 10.3. The number of nitrogens with zero attached hydrogens (tertiary/aromatic N) is 2. The van der Waals surface area contributed by atoms with Crippen LogP contribution in [0.4, 0.5) is 0 Å². The SMILES string of the molecule is CCCCN1CCCC1.OCCCN1CCCC1. The highest BCUT2D eigenvalue weighted by Gasteiger charge is 2.09. The summed E-state index contributed by atoms with van der Waals surface area (Å²) >= 11 is 0. The van der Waals surface area contributed by atoms with Gasteiger partial charge in [-0.15, -0.1) is 0 Å². The third kappa shape index (κ3) is 7.34. The van der Waals surface area contributed by atoms with Crippen LogP contribution in [0.2, 0.25) is 0 Å². The van der Waals surface area contributed by atoms with Crippen molar-refractivity contribution >= 4 is 0 Å². The van der Waals surface area contributed by atoms with E-state index in [1.54, 1.807) is 0 Å². The Morgan fingerprint density at radius 1 is 0.778 bits per heavy atom. The summed E-state index contributed by atoms with van der Waals surface area (Å²) < 4.78 is 0. The second-order valence-corrected chi connectivity index (χ2v) is 5.53. The van der Waals surface area contributed by atoms with E-state index >= 15 is 0 Å². The van der Waals surface area contributed by atoms with E-state index in [0.29, 0.717) is 6.61 Å². The van der Waals surface area contributed by atoms with E-state index in [-0.39, 0.29) is 0 Å². The summed E-state index contributed by atoms with van der Waals surface area (Å²) in [6, 6.07) is 0. The second-order valence-electron chi connectivity index (χ2n) is 5.53. The highest BCUT2D eigenvalue weighted by atomic mass is 16.3. The topological polar surface area (TPSA) is 26.7 Å². The average molecular weight is 256 g/mol. The molecule has 0 bridgehead atoms. The number of unbranched alkanes of at least 4 members (excludes halogenated alkanes) is 1. The van der Waals surface area contributed by atoms with Gasteiger partial charge in [0.05, 0.1) is 0 Å². The molecule has 0 aromatic rings. The number of aliphatic hydroxyl groups excluding tert-OH is 1. The highest BCUT2D eigenvalue weighted by Crippen LogP contribution is 2.07. The van der Waals surface area contributed by atoms with Gasteiger partial charge in [0, 0.05) is 13.2 Å². The molecule has 0 aliphatic carbocycles. The monoisotopic (exact) mass is 256 g/mol. The van der Waals surface area contributed by atoms with E-state index in [0.717, 1.165) is 13.0 Å². The van der Waals surface area contributed by atoms with Gasteiger partial charge in [-0.25, -0.2) is 0 Å². The lowest BCUT2D eigenvalue weighted by Crippen LogP contribution is -2.20. The van der Waals surface area contributed by atoms with Crippen LogP contribution in [0.1, 0.15) is 51.9 Å². The zero-order valence-corrected chi connectivity index (χ0v) is 12.2. The molecule has 3 nitrogen and oxygen atoms in total. The van der Waals surface area contributed by atoms with Crippen molar-refractivity contribution in [3.8, 4) is 0 Å². The molecule has 0 saturated carbocycles. The van der Waals surface area contributed by atoms with Crippen LogP contribution >= 0.6 is 0 Å². The predicted octanol–water partition coefficient (Wildman–Crippen LogP) is 2.35. The lowest BCUT2D eigenvalue weighted by Gasteiger charge is -2.12.